The second-order valence-corrected chi connectivity index (χ2v) is 13.0. The number of amides is 3. The molecule has 0 saturated carbocycles. The highest BCUT2D eigenvalue weighted by molar-refractivity contribution is 6.10. The van der Waals surface area contributed by atoms with Crippen LogP contribution in [0.5, 0.6) is 0 Å². The fourth-order valence-electron chi connectivity index (χ4n) is 7.57. The lowest BCUT2D eigenvalue weighted by Gasteiger charge is -2.50. The number of nitrogens with zero attached hydrogens (tertiary/aromatic N) is 7. The van der Waals surface area contributed by atoms with E-state index < -0.39 is 41.3 Å². The van der Waals surface area contributed by atoms with Crippen molar-refractivity contribution in [2.75, 3.05) is 74.1 Å². The first-order valence-corrected chi connectivity index (χ1v) is 15.8. The van der Waals surface area contributed by atoms with E-state index in [-0.39, 0.29) is 48.2 Å². The van der Waals surface area contributed by atoms with E-state index >= 15 is 4.39 Å². The number of carbonyl (C=O) groups is 3. The van der Waals surface area contributed by atoms with Gasteiger partial charge in [-0.25, -0.2) is 9.37 Å². The van der Waals surface area contributed by atoms with E-state index in [0.29, 0.717) is 38.4 Å². The number of likely N-dealkylation sites (N-methyl/N-ethyl adjacent to an activating group) is 1. The van der Waals surface area contributed by atoms with Gasteiger partial charge in [-0.2, -0.15) is 13.2 Å². The summed E-state index contributed by atoms with van der Waals surface area (Å²) in [7, 11) is 1.49. The van der Waals surface area contributed by atoms with Crippen molar-refractivity contribution in [2.45, 2.75) is 44.6 Å². The molecule has 47 heavy (non-hydrogen) atoms. The third kappa shape index (κ3) is 6.20. The number of carbonyl (C=O) groups excluding carboxylic acids is 3. The molecule has 0 radical (unpaired) electrons. The van der Waals surface area contributed by atoms with Crippen molar-refractivity contribution in [1.29, 1.82) is 0 Å². The van der Waals surface area contributed by atoms with Crippen LogP contribution in [-0.4, -0.2) is 115 Å². The summed E-state index contributed by atoms with van der Waals surface area (Å²) in [4.78, 5) is 54.9. The van der Waals surface area contributed by atoms with Crippen molar-refractivity contribution in [3.05, 3.63) is 60.1 Å². The number of pyridine rings is 1. The minimum Gasteiger partial charge on any atom is -0.366 e. The molecule has 2 aromatic rings. The Morgan fingerprint density at radius 1 is 1.09 bits per heavy atom. The Balaban J connectivity index is 1.29. The van der Waals surface area contributed by atoms with Crippen LogP contribution in [0.1, 0.15) is 24.6 Å². The second-order valence-electron chi connectivity index (χ2n) is 13.0. The molecule has 0 unspecified atom stereocenters. The number of fused-ring (bicyclic) bond motifs is 3. The molecule has 0 bridgehead atoms. The lowest BCUT2D eigenvalue weighted by atomic mass is 9.95. The van der Waals surface area contributed by atoms with Gasteiger partial charge in [0.25, 0.3) is 0 Å². The van der Waals surface area contributed by atoms with E-state index in [1.807, 2.05) is 9.80 Å². The number of piperazine rings is 2. The average molecular weight is 658 g/mol. The summed E-state index contributed by atoms with van der Waals surface area (Å²) < 4.78 is 56.9. The largest absolute Gasteiger partial charge is 0.416 e. The number of hydrogen-bond donors (Lipinski definition) is 0. The molecule has 3 fully saturated rings. The molecule has 3 amide bonds. The van der Waals surface area contributed by atoms with Gasteiger partial charge < -0.3 is 14.7 Å². The van der Waals surface area contributed by atoms with Crippen molar-refractivity contribution in [2.24, 2.45) is 5.92 Å². The quantitative estimate of drug-likeness (QED) is 0.361. The summed E-state index contributed by atoms with van der Waals surface area (Å²) in [5.41, 5.74) is -0.339. The van der Waals surface area contributed by atoms with Crippen LogP contribution in [0.25, 0.3) is 0 Å². The fraction of sp³-hybridized carbons (Fsp3) is 0.515. The topological polar surface area (TPSA) is 83.5 Å². The van der Waals surface area contributed by atoms with E-state index in [1.165, 1.54) is 37.1 Å². The van der Waals surface area contributed by atoms with Gasteiger partial charge in [-0.15, -0.1) is 0 Å². The molecule has 0 N–H and O–H groups in total. The first-order valence-electron chi connectivity index (χ1n) is 15.8. The number of hydrogen-bond acceptors (Lipinski definition) is 7. The van der Waals surface area contributed by atoms with E-state index in [1.54, 1.807) is 6.07 Å². The molecular weight excluding hydrogens is 618 g/mol. The van der Waals surface area contributed by atoms with Gasteiger partial charge in [0.1, 0.15) is 17.7 Å². The summed E-state index contributed by atoms with van der Waals surface area (Å²) in [5, 5.41) is 0. The van der Waals surface area contributed by atoms with Crippen LogP contribution in [0.3, 0.4) is 0 Å². The minimum atomic E-state index is -4.67. The molecule has 1 aromatic heterocycles. The smallest absolute Gasteiger partial charge is 0.366 e. The predicted molar refractivity (Wildman–Crippen MR) is 169 cm³/mol. The van der Waals surface area contributed by atoms with Gasteiger partial charge in [-0.3, -0.25) is 29.1 Å². The summed E-state index contributed by atoms with van der Waals surface area (Å²) in [5.74, 6) is -2.50. The highest BCUT2D eigenvalue weighted by Gasteiger charge is 2.49. The standard InChI is InChI=1S/C33H39F4N7O3/c1-5-28(45)42-11-10-41-16-21(3)40(18-24(41)19-42)9-12-43-17-22-14-29(46)44(27-15-23(33(35,36)37)13-20(2)38-27)30(22)32(47)39(4)26-8-6-7-25(34)31(26)43/h5-8,13,15,21-22,24,30H,1,9-12,14,16-19H2,2-4H3/t21-,22-,24+,30+/m1/s1. The van der Waals surface area contributed by atoms with Gasteiger partial charge >= 0.3 is 6.18 Å². The summed E-state index contributed by atoms with van der Waals surface area (Å²) in [6.07, 6.45) is -3.44. The summed E-state index contributed by atoms with van der Waals surface area (Å²) >= 11 is 0. The molecule has 3 saturated heterocycles. The fourth-order valence-corrected chi connectivity index (χ4v) is 7.57. The highest BCUT2D eigenvalue weighted by Crippen LogP contribution is 2.41. The van der Waals surface area contributed by atoms with Crippen LogP contribution < -0.4 is 14.7 Å². The number of anilines is 3. The number of benzene rings is 1. The van der Waals surface area contributed by atoms with Crippen molar-refractivity contribution in [3.8, 4) is 0 Å². The maximum absolute atomic E-state index is 15.7. The monoisotopic (exact) mass is 657 g/mol. The molecule has 0 spiro atoms. The van der Waals surface area contributed by atoms with Crippen LogP contribution in [0.2, 0.25) is 0 Å². The van der Waals surface area contributed by atoms with Crippen LogP contribution in [0.4, 0.5) is 34.8 Å². The number of halogens is 4. The molecule has 10 nitrogen and oxygen atoms in total. The van der Waals surface area contributed by atoms with Crippen LogP contribution >= 0.6 is 0 Å². The third-order valence-electron chi connectivity index (χ3n) is 9.94. The number of alkyl halides is 3. The first kappa shape index (κ1) is 32.9. The summed E-state index contributed by atoms with van der Waals surface area (Å²) in [6.45, 7) is 11.8. The van der Waals surface area contributed by atoms with Gasteiger partial charge in [0.15, 0.2) is 0 Å². The lowest BCUT2D eigenvalue weighted by molar-refractivity contribution is -0.137. The minimum absolute atomic E-state index is 0.0657. The zero-order valence-electron chi connectivity index (χ0n) is 26.7. The molecule has 252 valence electrons. The Bertz CT molecular complexity index is 1590. The Kier molecular flexibility index (Phi) is 8.77. The number of para-hydroxylation sites is 1. The van der Waals surface area contributed by atoms with Crippen LogP contribution in [0, 0.1) is 18.7 Å². The molecule has 14 heteroatoms. The highest BCUT2D eigenvalue weighted by atomic mass is 19.4. The second kappa shape index (κ2) is 12.5. The SMILES string of the molecule is C=CC(=O)N1CCN2C[C@@H](C)N(CCN3C[C@H]4CC(=O)N(c5cc(C(F)(F)F)cc(C)n5)[C@@H]4C(=O)N(C)c4cccc(F)c43)C[C@H]2C1. The van der Waals surface area contributed by atoms with Crippen LogP contribution in [-0.2, 0) is 20.6 Å². The Morgan fingerprint density at radius 3 is 2.57 bits per heavy atom. The molecular formula is C33H39F4N7O3. The summed E-state index contributed by atoms with van der Waals surface area (Å²) in [6, 6.07) is 5.38. The van der Waals surface area contributed by atoms with Crippen LogP contribution in [0.15, 0.2) is 43.0 Å². The molecule has 4 atom stereocenters. The Morgan fingerprint density at radius 2 is 1.85 bits per heavy atom. The molecule has 6 rings (SSSR count). The van der Waals surface area contributed by atoms with E-state index in [9.17, 15) is 27.6 Å². The van der Waals surface area contributed by atoms with Gasteiger partial charge in [-0.1, -0.05) is 12.6 Å². The van der Waals surface area contributed by atoms with Gasteiger partial charge in [0.2, 0.25) is 17.7 Å². The van der Waals surface area contributed by atoms with Gasteiger partial charge in [-0.05, 0) is 44.2 Å². The third-order valence-corrected chi connectivity index (χ3v) is 9.94. The maximum Gasteiger partial charge on any atom is 0.416 e. The van der Waals surface area contributed by atoms with E-state index in [4.69, 9.17) is 0 Å². The van der Waals surface area contributed by atoms with Gasteiger partial charge in [0.05, 0.1) is 16.9 Å². The Labute approximate surface area is 271 Å². The molecule has 4 aliphatic rings. The van der Waals surface area contributed by atoms with Crippen molar-refractivity contribution >= 4 is 34.9 Å². The average Bonchev–Trinajstić information content (AvgIpc) is 3.35. The van der Waals surface area contributed by atoms with E-state index in [2.05, 4.69) is 28.3 Å². The number of rotatable bonds is 5. The molecule has 0 aliphatic carbocycles. The number of aromatic nitrogens is 1. The van der Waals surface area contributed by atoms with Crippen molar-refractivity contribution < 1.29 is 31.9 Å². The zero-order chi connectivity index (χ0) is 33.8. The van der Waals surface area contributed by atoms with E-state index in [0.717, 1.165) is 30.1 Å². The van der Waals surface area contributed by atoms with Crippen molar-refractivity contribution in [1.82, 2.24) is 19.7 Å². The van der Waals surface area contributed by atoms with Crippen molar-refractivity contribution in [3.63, 3.8) is 0 Å². The lowest BCUT2D eigenvalue weighted by Crippen LogP contribution is -2.65. The number of aryl methyl sites for hydroxylation is 1. The molecule has 1 aromatic carbocycles. The normalized spacial score (nSPS) is 25.7. The Hall–Kier alpha value is -4.04. The predicted octanol–water partition coefficient (Wildman–Crippen LogP) is 3.16. The molecule has 5 heterocycles. The first-order chi connectivity index (χ1) is 22.3. The zero-order valence-corrected chi connectivity index (χ0v) is 26.7. The molecule has 4 aliphatic heterocycles. The maximum atomic E-state index is 15.7. The van der Waals surface area contributed by atoms with Gasteiger partial charge in [0, 0.05) is 89.5 Å².